The molecule has 0 aromatic heterocycles. The summed E-state index contributed by atoms with van der Waals surface area (Å²) >= 11 is 0. The van der Waals surface area contributed by atoms with Gasteiger partial charge in [0.2, 0.25) is 0 Å². The number of carbonyl (C=O) groups is 2. The zero-order valence-corrected chi connectivity index (χ0v) is 46.8. The van der Waals surface area contributed by atoms with Gasteiger partial charge in [0.15, 0.2) is 0 Å². The summed E-state index contributed by atoms with van der Waals surface area (Å²) in [6, 6.07) is 17.1. The summed E-state index contributed by atoms with van der Waals surface area (Å²) in [5.74, 6) is 8.85. The number of fused-ring (bicyclic) bond motifs is 6. The van der Waals surface area contributed by atoms with Crippen molar-refractivity contribution in [3.05, 3.63) is 82.4 Å². The van der Waals surface area contributed by atoms with Gasteiger partial charge in [-0.3, -0.25) is 0 Å². The summed E-state index contributed by atoms with van der Waals surface area (Å²) in [7, 11) is 1.99. The summed E-state index contributed by atoms with van der Waals surface area (Å²) in [5, 5.41) is 60.0. The molecule has 11 fully saturated rings. The number of likely N-dealkylation sites (N-methyl/N-ethyl adjacent to an activating group) is 1. The number of hydrogen-bond donors (Lipinski definition) is 5. The number of hydrogen-bond acceptors (Lipinski definition) is 9. The van der Waals surface area contributed by atoms with Gasteiger partial charge in [0.25, 0.3) is 0 Å². The topological polar surface area (TPSA) is 146 Å². The van der Waals surface area contributed by atoms with E-state index in [1.807, 2.05) is 19.2 Å². The Hall–Kier alpha value is -3.36. The van der Waals surface area contributed by atoms with Gasteiger partial charge in [-0.05, 0) is 210 Å². The molecule has 0 unspecified atom stereocenters. The highest BCUT2D eigenvalue weighted by Crippen LogP contribution is 2.82. The average Bonchev–Trinajstić information content (AvgIpc) is 1.81. The SMILES string of the molecule is CN[C@@H]1Cc2c(cccc2CO)C#CC2(CCCC2)C[C@]23CC[C@H]4[C@@](O)(C[C@H]5C[C@@H]([C@@H](C)C6CCCC6)CC[C@@H]6[C@H]7OCC[C@H]8C[C@H]9C[C@H](c%10ccccc%10)CC[C@H]9[C@]87C[C@@]4(C=O)[C@]56O)[C@@]2(O)C[C@@H]2C[C@H]1[C@H]1OC(=O)C=C1[C@@H]23. The largest absolute Gasteiger partial charge is 0.454 e. The van der Waals surface area contributed by atoms with Crippen LogP contribution in [0.5, 0.6) is 0 Å². The second-order valence-electron chi connectivity index (χ2n) is 29.5. The number of esters is 1. The van der Waals surface area contributed by atoms with Crippen LogP contribution in [0.15, 0.2) is 60.2 Å². The van der Waals surface area contributed by atoms with E-state index in [2.05, 4.69) is 60.5 Å². The molecule has 9 heteroatoms. The van der Waals surface area contributed by atoms with Gasteiger partial charge < -0.3 is 40.0 Å². The quantitative estimate of drug-likeness (QED) is 0.108. The molecule has 2 heterocycles. The van der Waals surface area contributed by atoms with Crippen LogP contribution < -0.4 is 5.32 Å². The van der Waals surface area contributed by atoms with Gasteiger partial charge in [-0.2, -0.15) is 0 Å². The van der Waals surface area contributed by atoms with E-state index in [1.165, 1.54) is 37.5 Å². The van der Waals surface area contributed by atoms with Crippen LogP contribution in [0.3, 0.4) is 0 Å². The molecule has 9 nitrogen and oxygen atoms in total. The Bertz CT molecular complexity index is 2810. The first-order chi connectivity index (χ1) is 37.8. The lowest BCUT2D eigenvalue weighted by molar-refractivity contribution is -0.367. The van der Waals surface area contributed by atoms with E-state index in [1.54, 1.807) is 6.08 Å². The van der Waals surface area contributed by atoms with E-state index in [0.29, 0.717) is 93.0 Å². The van der Waals surface area contributed by atoms with Crippen molar-refractivity contribution in [2.24, 2.45) is 92.7 Å². The smallest absolute Gasteiger partial charge is 0.331 e. The van der Waals surface area contributed by atoms with Crippen LogP contribution in [0.25, 0.3) is 0 Å². The molecule has 5 N–H and O–H groups in total. The summed E-state index contributed by atoms with van der Waals surface area (Å²) in [5.41, 5.74) is -2.49. The van der Waals surface area contributed by atoms with Crippen LogP contribution in [0.4, 0.5) is 0 Å². The molecule has 3 spiro atoms. The number of nitrogens with one attached hydrogen (secondary N) is 1. The first-order valence-electron chi connectivity index (χ1n) is 31.9. The molecule has 2 aliphatic heterocycles. The number of carbonyl (C=O) groups excluding carboxylic acids is 2. The Labute approximate surface area is 464 Å². The van der Waals surface area contributed by atoms with Gasteiger partial charge in [-0.15, -0.1) is 0 Å². The summed E-state index contributed by atoms with van der Waals surface area (Å²) < 4.78 is 13.9. The normalized spacial score (nSPS) is 48.7. The van der Waals surface area contributed by atoms with Crippen LogP contribution in [0.1, 0.15) is 183 Å². The van der Waals surface area contributed by atoms with Gasteiger partial charge in [0.1, 0.15) is 18.0 Å². The lowest BCUT2D eigenvalue weighted by Crippen LogP contribution is -2.83. The van der Waals surface area contributed by atoms with Gasteiger partial charge in [0.05, 0.1) is 29.3 Å². The Morgan fingerprint density at radius 1 is 0.808 bits per heavy atom. The van der Waals surface area contributed by atoms with Crippen LogP contribution in [0.2, 0.25) is 0 Å². The predicted octanol–water partition coefficient (Wildman–Crippen LogP) is 10.6. The lowest BCUT2D eigenvalue weighted by Gasteiger charge is -2.75. The van der Waals surface area contributed by atoms with E-state index in [9.17, 15) is 15.0 Å². The third kappa shape index (κ3) is 6.77. The minimum atomic E-state index is -1.71. The zero-order valence-electron chi connectivity index (χ0n) is 46.8. The maximum atomic E-state index is 15.7. The van der Waals surface area contributed by atoms with Gasteiger partial charge in [-0.1, -0.05) is 99.8 Å². The van der Waals surface area contributed by atoms with E-state index in [0.717, 1.165) is 99.3 Å². The van der Waals surface area contributed by atoms with Gasteiger partial charge in [0, 0.05) is 58.3 Å². The molecule has 14 aliphatic rings. The van der Waals surface area contributed by atoms with E-state index >= 15 is 15.0 Å². The fourth-order valence-corrected chi connectivity index (χ4v) is 24.6. The number of aliphatic hydroxyl groups excluding tert-OH is 1. The van der Waals surface area contributed by atoms with Crippen molar-refractivity contribution in [2.45, 2.75) is 209 Å². The fraction of sp³-hybridized carbons (Fsp3) is 0.739. The number of aliphatic hydroxyl groups is 4. The molecule has 10 saturated carbocycles. The highest BCUT2D eigenvalue weighted by molar-refractivity contribution is 5.86. The maximum Gasteiger partial charge on any atom is 0.331 e. The molecule has 78 heavy (non-hydrogen) atoms. The Morgan fingerprint density at radius 3 is 2.40 bits per heavy atom. The third-order valence-corrected chi connectivity index (χ3v) is 27.4. The second-order valence-corrected chi connectivity index (χ2v) is 29.5. The van der Waals surface area contributed by atoms with Gasteiger partial charge in [-0.25, -0.2) is 4.79 Å². The van der Waals surface area contributed by atoms with Crippen LogP contribution in [-0.4, -0.2) is 81.4 Å². The van der Waals surface area contributed by atoms with Crippen molar-refractivity contribution >= 4 is 12.3 Å². The molecule has 4 bridgehead atoms. The van der Waals surface area contributed by atoms with E-state index in [4.69, 9.17) is 9.47 Å². The molecule has 2 aromatic rings. The second kappa shape index (κ2) is 18.3. The summed E-state index contributed by atoms with van der Waals surface area (Å²) in [6.45, 7) is 3.09. The van der Waals surface area contributed by atoms with Crippen molar-refractivity contribution < 1.29 is 39.5 Å². The highest BCUT2D eigenvalue weighted by atomic mass is 16.5. The molecule has 12 aliphatic carbocycles. The molecule has 1 saturated heterocycles. The molecular formula is C69H89NO8. The molecule has 16 rings (SSSR count). The number of aldehydes is 1. The monoisotopic (exact) mass is 1060 g/mol. The molecule has 418 valence electrons. The van der Waals surface area contributed by atoms with Crippen molar-refractivity contribution in [1.29, 1.82) is 0 Å². The van der Waals surface area contributed by atoms with Crippen LogP contribution in [-0.2, 0) is 32.1 Å². The Kier molecular flexibility index (Phi) is 12.1. The number of ether oxygens (including phenoxy) is 2. The summed E-state index contributed by atoms with van der Waals surface area (Å²) in [6.07, 6.45) is 23.4. The van der Waals surface area contributed by atoms with Crippen molar-refractivity contribution in [2.75, 3.05) is 13.7 Å². The first kappa shape index (κ1) is 51.5. The average molecular weight is 1060 g/mol. The number of benzene rings is 2. The highest BCUT2D eigenvalue weighted by Gasteiger charge is 2.86. The first-order valence-corrected chi connectivity index (χ1v) is 31.9. The van der Waals surface area contributed by atoms with Crippen molar-refractivity contribution in [3.63, 3.8) is 0 Å². The predicted molar refractivity (Wildman–Crippen MR) is 297 cm³/mol. The minimum Gasteiger partial charge on any atom is -0.454 e. The number of rotatable bonds is 6. The maximum absolute atomic E-state index is 15.7. The molecule has 0 radical (unpaired) electrons. The molecular weight excluding hydrogens is 971 g/mol. The standard InChI is InChI=1S/C69H89NO8/c1-41(42-11-6-7-12-42)45-17-20-56-62-66(50(23-28-77-62)31-48-29-46(18-19-55(48)66)43-13-4-3-5-14-43)39-65(40-72)58-22-27-64-38-63(24-8-9-25-63)26-21-44-15-10-16-47(37-71)52(44)33-57(70-2)53-32-49(60(64)54-34-59(73)78-61(53)54)35-68(64,75)67(58,74)36-51(30-45)69(56,65)76/h3-5,10,13-16,34,40-42,45-46,48-51,53,55-58,60-62,70-71,74-76H,6-9,11-12,17-20,22-25,27-33,35-39H2,1-2H3/t41-,45-,46+,48+,49-,50-,51+,53+,55+,56+,57+,58+,60+,61+,62+,64-,65-,66-,67-,68+,69-/m0/s1. The third-order valence-electron chi connectivity index (χ3n) is 27.4. The molecule has 0 amide bonds. The van der Waals surface area contributed by atoms with Crippen molar-refractivity contribution in [1.82, 2.24) is 5.32 Å². The molecule has 2 aromatic carbocycles. The fourth-order valence-electron chi connectivity index (χ4n) is 24.6. The Morgan fingerprint density at radius 2 is 1.62 bits per heavy atom. The minimum absolute atomic E-state index is 0.0683. The van der Waals surface area contributed by atoms with Crippen LogP contribution >= 0.6 is 0 Å². The molecule has 21 atom stereocenters. The van der Waals surface area contributed by atoms with E-state index in [-0.39, 0.29) is 60.2 Å². The Balaban J connectivity index is 0.916. The lowest BCUT2D eigenvalue weighted by atomic mass is 9.32. The van der Waals surface area contributed by atoms with Crippen LogP contribution in [0, 0.1) is 105 Å². The van der Waals surface area contributed by atoms with Crippen molar-refractivity contribution in [3.8, 4) is 11.8 Å². The summed E-state index contributed by atoms with van der Waals surface area (Å²) in [4.78, 5) is 29.8. The zero-order chi connectivity index (χ0) is 53.2. The van der Waals surface area contributed by atoms with Gasteiger partial charge >= 0.3 is 5.97 Å². The van der Waals surface area contributed by atoms with E-state index < -0.39 is 51.0 Å².